The molecule has 1 amide bonds. The van der Waals surface area contributed by atoms with E-state index in [0.717, 1.165) is 40.5 Å². The monoisotopic (exact) mass is 622 g/mol. The standard InChI is InChI=1S/C29H34N8O4S2/c1-3-12-37(28-33-23(17-42-28)27-34-25(30)16-26(31)35-27)24-15-20(5-4-18(24)2)19-6-8-22(9-7-19)43(40,41)36-13-10-21(11-14-36)32-29(38)39/h4-9,15-17,21,32H,3,10-14H2,1-2H3,(H,38,39)(H4,30,31,34,35). The van der Waals surface area contributed by atoms with E-state index in [1.807, 2.05) is 36.6 Å². The Morgan fingerprint density at radius 1 is 1.05 bits per heavy atom. The van der Waals surface area contributed by atoms with Gasteiger partial charge >= 0.3 is 6.09 Å². The van der Waals surface area contributed by atoms with Crippen molar-refractivity contribution in [1.29, 1.82) is 0 Å². The average Bonchev–Trinajstić information content (AvgIpc) is 3.46. The number of amides is 1. The molecule has 226 valence electrons. The Bertz CT molecular complexity index is 1700. The number of benzene rings is 2. The molecule has 43 heavy (non-hydrogen) atoms. The second kappa shape index (κ2) is 12.5. The average molecular weight is 623 g/mol. The highest BCUT2D eigenvalue weighted by atomic mass is 32.2. The molecule has 3 heterocycles. The normalized spacial score (nSPS) is 14.5. The number of hydrogen-bond donors (Lipinski definition) is 4. The van der Waals surface area contributed by atoms with Gasteiger partial charge in [-0.3, -0.25) is 0 Å². The first kappa shape index (κ1) is 30.2. The predicted molar refractivity (Wildman–Crippen MR) is 169 cm³/mol. The second-order valence-electron chi connectivity index (χ2n) is 10.4. The summed E-state index contributed by atoms with van der Waals surface area (Å²) in [5.41, 5.74) is 16.2. The zero-order valence-corrected chi connectivity index (χ0v) is 25.5. The lowest BCUT2D eigenvalue weighted by molar-refractivity contribution is 0.183. The lowest BCUT2D eigenvalue weighted by Gasteiger charge is -2.31. The molecule has 1 aliphatic rings. The number of rotatable bonds is 9. The van der Waals surface area contributed by atoms with E-state index in [-0.39, 0.29) is 35.7 Å². The number of nitrogens with zero attached hydrogens (tertiary/aromatic N) is 5. The molecule has 0 aliphatic carbocycles. The van der Waals surface area contributed by atoms with Gasteiger partial charge < -0.3 is 26.8 Å². The van der Waals surface area contributed by atoms with Crippen molar-refractivity contribution in [2.24, 2.45) is 0 Å². The molecule has 0 saturated carbocycles. The fourth-order valence-electron chi connectivity index (χ4n) is 5.10. The van der Waals surface area contributed by atoms with Crippen LogP contribution in [-0.4, -0.2) is 64.6 Å². The molecule has 6 N–H and O–H groups in total. The molecule has 12 nitrogen and oxygen atoms in total. The molecule has 1 saturated heterocycles. The van der Waals surface area contributed by atoms with Gasteiger partial charge in [0.1, 0.15) is 17.3 Å². The largest absolute Gasteiger partial charge is 0.465 e. The Kier molecular flexibility index (Phi) is 8.80. The molecule has 1 aliphatic heterocycles. The molecule has 0 spiro atoms. The Balaban J connectivity index is 1.38. The molecule has 0 atom stereocenters. The molecule has 5 rings (SSSR count). The fourth-order valence-corrected chi connectivity index (χ4v) is 7.41. The maximum Gasteiger partial charge on any atom is 0.404 e. The van der Waals surface area contributed by atoms with E-state index in [1.165, 1.54) is 21.7 Å². The van der Waals surface area contributed by atoms with Crippen molar-refractivity contribution in [3.63, 3.8) is 0 Å². The van der Waals surface area contributed by atoms with Crippen molar-refractivity contribution in [2.75, 3.05) is 36.0 Å². The molecule has 0 radical (unpaired) electrons. The van der Waals surface area contributed by atoms with E-state index in [9.17, 15) is 13.2 Å². The van der Waals surface area contributed by atoms with Crippen molar-refractivity contribution in [3.8, 4) is 22.6 Å². The molecule has 14 heteroatoms. The summed E-state index contributed by atoms with van der Waals surface area (Å²) in [6.45, 7) is 5.40. The van der Waals surface area contributed by atoms with Gasteiger partial charge in [-0.15, -0.1) is 11.3 Å². The summed E-state index contributed by atoms with van der Waals surface area (Å²) in [5.74, 6) is 0.933. The van der Waals surface area contributed by atoms with Crippen LogP contribution >= 0.6 is 11.3 Å². The number of piperidine rings is 1. The summed E-state index contributed by atoms with van der Waals surface area (Å²) in [5, 5.41) is 14.0. The van der Waals surface area contributed by atoms with Crippen LogP contribution < -0.4 is 21.7 Å². The van der Waals surface area contributed by atoms with Gasteiger partial charge in [0, 0.05) is 42.8 Å². The Morgan fingerprint density at radius 3 is 2.33 bits per heavy atom. The highest BCUT2D eigenvalue weighted by molar-refractivity contribution is 7.89. The number of anilines is 4. The molecular weight excluding hydrogens is 589 g/mol. The van der Waals surface area contributed by atoms with Crippen LogP contribution in [0.25, 0.3) is 22.6 Å². The van der Waals surface area contributed by atoms with Gasteiger partial charge in [0.2, 0.25) is 10.0 Å². The van der Waals surface area contributed by atoms with Crippen molar-refractivity contribution in [1.82, 2.24) is 24.6 Å². The summed E-state index contributed by atoms with van der Waals surface area (Å²) < 4.78 is 28.0. The third kappa shape index (κ3) is 6.71. The number of hydrogen-bond acceptors (Lipinski definition) is 10. The summed E-state index contributed by atoms with van der Waals surface area (Å²) >= 11 is 1.48. The highest BCUT2D eigenvalue weighted by Crippen LogP contribution is 2.36. The van der Waals surface area contributed by atoms with E-state index in [4.69, 9.17) is 21.6 Å². The van der Waals surface area contributed by atoms with Crippen LogP contribution in [0, 0.1) is 6.92 Å². The maximum atomic E-state index is 13.3. The number of carbonyl (C=O) groups is 1. The summed E-state index contributed by atoms with van der Waals surface area (Å²) in [6, 6.07) is 14.3. The van der Waals surface area contributed by atoms with Crippen LogP contribution in [0.1, 0.15) is 31.7 Å². The van der Waals surface area contributed by atoms with Crippen LogP contribution in [0.15, 0.2) is 58.8 Å². The third-order valence-electron chi connectivity index (χ3n) is 7.27. The van der Waals surface area contributed by atoms with Gasteiger partial charge in [0.25, 0.3) is 0 Å². The number of aromatic nitrogens is 3. The van der Waals surface area contributed by atoms with Gasteiger partial charge in [-0.1, -0.05) is 31.2 Å². The number of thiazole rings is 1. The zero-order valence-electron chi connectivity index (χ0n) is 23.9. The zero-order chi connectivity index (χ0) is 30.7. The first-order chi connectivity index (χ1) is 20.5. The van der Waals surface area contributed by atoms with Crippen molar-refractivity contribution in [3.05, 3.63) is 59.5 Å². The number of nitrogens with one attached hydrogen (secondary N) is 1. The molecular formula is C29H34N8O4S2. The van der Waals surface area contributed by atoms with Gasteiger partial charge in [-0.25, -0.2) is 28.2 Å². The Morgan fingerprint density at radius 2 is 1.70 bits per heavy atom. The third-order valence-corrected chi connectivity index (χ3v) is 10.0. The Hall–Kier alpha value is -4.27. The van der Waals surface area contributed by atoms with Crippen molar-refractivity contribution >= 4 is 49.9 Å². The number of aryl methyl sites for hydroxylation is 1. The molecule has 4 aromatic rings. The molecule has 1 fully saturated rings. The van der Waals surface area contributed by atoms with E-state index < -0.39 is 16.1 Å². The predicted octanol–water partition coefficient (Wildman–Crippen LogP) is 4.71. The van der Waals surface area contributed by atoms with Crippen LogP contribution in [0.3, 0.4) is 0 Å². The van der Waals surface area contributed by atoms with Gasteiger partial charge in [-0.05, 0) is 61.1 Å². The van der Waals surface area contributed by atoms with Crippen LogP contribution in [-0.2, 0) is 10.0 Å². The first-order valence-electron chi connectivity index (χ1n) is 13.9. The summed E-state index contributed by atoms with van der Waals surface area (Å²) in [4.78, 5) is 26.6. The van der Waals surface area contributed by atoms with Gasteiger partial charge in [-0.2, -0.15) is 4.31 Å². The lowest BCUT2D eigenvalue weighted by Crippen LogP contribution is -2.46. The smallest absolute Gasteiger partial charge is 0.404 e. The van der Waals surface area contributed by atoms with E-state index >= 15 is 0 Å². The second-order valence-corrected chi connectivity index (χ2v) is 13.1. The SMILES string of the molecule is CCCN(c1nc(-c2nc(N)cc(N)n2)cs1)c1cc(-c2ccc(S(=O)(=O)N3CCC(NC(=O)O)CC3)cc2)ccc1C. The minimum Gasteiger partial charge on any atom is -0.465 e. The number of nitrogen functional groups attached to an aromatic ring is 2. The number of carboxylic acid groups (broad SMARTS) is 1. The molecule has 2 aromatic carbocycles. The van der Waals surface area contributed by atoms with E-state index in [2.05, 4.69) is 33.2 Å². The topological polar surface area (TPSA) is 181 Å². The Labute approximate surface area is 254 Å². The van der Waals surface area contributed by atoms with Gasteiger partial charge in [0.15, 0.2) is 11.0 Å². The van der Waals surface area contributed by atoms with Crippen LogP contribution in [0.5, 0.6) is 0 Å². The molecule has 0 bridgehead atoms. The van der Waals surface area contributed by atoms with E-state index in [0.29, 0.717) is 24.4 Å². The van der Waals surface area contributed by atoms with Crippen molar-refractivity contribution in [2.45, 2.75) is 44.0 Å². The summed E-state index contributed by atoms with van der Waals surface area (Å²) in [6.07, 6.45) is 0.663. The van der Waals surface area contributed by atoms with Crippen LogP contribution in [0.2, 0.25) is 0 Å². The van der Waals surface area contributed by atoms with Gasteiger partial charge in [0.05, 0.1) is 4.90 Å². The molecule has 2 aromatic heterocycles. The minimum absolute atomic E-state index is 0.209. The number of sulfonamides is 1. The molecule has 0 unspecified atom stereocenters. The lowest BCUT2D eigenvalue weighted by atomic mass is 10.0. The number of nitrogens with two attached hydrogens (primary N) is 2. The van der Waals surface area contributed by atoms with E-state index in [1.54, 1.807) is 12.1 Å². The van der Waals surface area contributed by atoms with Crippen molar-refractivity contribution < 1.29 is 18.3 Å². The fraction of sp³-hybridized carbons (Fsp3) is 0.310. The highest BCUT2D eigenvalue weighted by Gasteiger charge is 2.30. The quantitative estimate of drug-likeness (QED) is 0.204. The minimum atomic E-state index is -3.69. The van der Waals surface area contributed by atoms with Crippen LogP contribution in [0.4, 0.5) is 27.2 Å². The first-order valence-corrected chi connectivity index (χ1v) is 16.2. The summed E-state index contributed by atoms with van der Waals surface area (Å²) in [7, 11) is -3.69. The maximum absolute atomic E-state index is 13.3.